The molecule has 1 aliphatic heterocycles. The van der Waals surface area contributed by atoms with Crippen molar-refractivity contribution in [2.24, 2.45) is 0 Å². The zero-order chi connectivity index (χ0) is 16.8. The van der Waals surface area contributed by atoms with E-state index in [-0.39, 0.29) is 11.9 Å². The van der Waals surface area contributed by atoms with Gasteiger partial charge in [-0.25, -0.2) is 4.39 Å². The minimum Gasteiger partial charge on any atom is -0.399 e. The summed E-state index contributed by atoms with van der Waals surface area (Å²) < 4.78 is 13.4. The fourth-order valence-corrected chi connectivity index (χ4v) is 3.52. The Balaban J connectivity index is 1.98. The SMILES string of the molecule is CN1c2cc(N)ccc2-c2ccc(N)cc2C1c1ccc(F)cc1. The van der Waals surface area contributed by atoms with Crippen LogP contribution in [-0.4, -0.2) is 7.05 Å². The fourth-order valence-electron chi connectivity index (χ4n) is 3.52. The van der Waals surface area contributed by atoms with Crippen LogP contribution in [0.15, 0.2) is 60.7 Å². The number of halogens is 1. The minimum absolute atomic E-state index is 0.0431. The smallest absolute Gasteiger partial charge is 0.123 e. The molecule has 4 rings (SSSR count). The van der Waals surface area contributed by atoms with Crippen molar-refractivity contribution in [3.8, 4) is 11.1 Å². The van der Waals surface area contributed by atoms with Crippen molar-refractivity contribution >= 4 is 17.1 Å². The third-order valence-electron chi connectivity index (χ3n) is 4.64. The van der Waals surface area contributed by atoms with E-state index >= 15 is 0 Å². The summed E-state index contributed by atoms with van der Waals surface area (Å²) >= 11 is 0. The normalized spacial score (nSPS) is 15.8. The Morgan fingerprint density at radius 2 is 1.46 bits per heavy atom. The molecule has 0 spiro atoms. The summed E-state index contributed by atoms with van der Waals surface area (Å²) in [5.41, 5.74) is 18.9. The first-order valence-electron chi connectivity index (χ1n) is 7.82. The molecule has 0 aliphatic carbocycles. The van der Waals surface area contributed by atoms with Crippen molar-refractivity contribution in [3.63, 3.8) is 0 Å². The third-order valence-corrected chi connectivity index (χ3v) is 4.64. The zero-order valence-electron chi connectivity index (χ0n) is 13.3. The lowest BCUT2D eigenvalue weighted by Gasteiger charge is -2.38. The fraction of sp³-hybridized carbons (Fsp3) is 0.100. The predicted molar refractivity (Wildman–Crippen MR) is 97.3 cm³/mol. The van der Waals surface area contributed by atoms with Gasteiger partial charge >= 0.3 is 0 Å². The van der Waals surface area contributed by atoms with Gasteiger partial charge in [0.1, 0.15) is 5.82 Å². The molecule has 24 heavy (non-hydrogen) atoms. The van der Waals surface area contributed by atoms with Crippen LogP contribution in [0.3, 0.4) is 0 Å². The molecule has 4 heteroatoms. The number of fused-ring (bicyclic) bond motifs is 3. The van der Waals surface area contributed by atoms with Gasteiger partial charge in [0.25, 0.3) is 0 Å². The van der Waals surface area contributed by atoms with Gasteiger partial charge in [-0.2, -0.15) is 0 Å². The van der Waals surface area contributed by atoms with E-state index < -0.39 is 0 Å². The lowest BCUT2D eigenvalue weighted by molar-refractivity contribution is 0.625. The molecule has 3 aromatic carbocycles. The number of hydrogen-bond donors (Lipinski definition) is 2. The molecule has 0 saturated heterocycles. The molecule has 1 unspecified atom stereocenters. The average Bonchev–Trinajstić information content (AvgIpc) is 2.57. The molecule has 120 valence electrons. The molecule has 1 atom stereocenters. The molecule has 4 N–H and O–H groups in total. The number of nitrogens with zero attached hydrogens (tertiary/aromatic N) is 1. The summed E-state index contributed by atoms with van der Waals surface area (Å²) in [4.78, 5) is 2.17. The van der Waals surface area contributed by atoms with E-state index in [1.807, 2.05) is 55.6 Å². The van der Waals surface area contributed by atoms with Gasteiger partial charge in [0, 0.05) is 29.7 Å². The molecule has 3 nitrogen and oxygen atoms in total. The van der Waals surface area contributed by atoms with E-state index in [4.69, 9.17) is 11.5 Å². The third kappa shape index (κ3) is 2.19. The number of hydrogen-bond acceptors (Lipinski definition) is 3. The lowest BCUT2D eigenvalue weighted by Crippen LogP contribution is -2.29. The van der Waals surface area contributed by atoms with Crippen LogP contribution in [0.5, 0.6) is 0 Å². The van der Waals surface area contributed by atoms with Crippen molar-refractivity contribution in [3.05, 3.63) is 77.6 Å². The highest BCUT2D eigenvalue weighted by molar-refractivity contribution is 5.88. The second-order valence-electron chi connectivity index (χ2n) is 6.19. The van der Waals surface area contributed by atoms with E-state index in [9.17, 15) is 4.39 Å². The summed E-state index contributed by atoms with van der Waals surface area (Å²) in [5, 5.41) is 0. The molecule has 0 bridgehead atoms. The van der Waals surface area contributed by atoms with Crippen LogP contribution in [0, 0.1) is 5.82 Å². The quantitative estimate of drug-likeness (QED) is 0.661. The van der Waals surface area contributed by atoms with Crippen molar-refractivity contribution in [1.82, 2.24) is 0 Å². The van der Waals surface area contributed by atoms with Gasteiger partial charge in [-0.15, -0.1) is 0 Å². The minimum atomic E-state index is -0.241. The molecule has 0 radical (unpaired) electrons. The number of benzene rings is 3. The highest BCUT2D eigenvalue weighted by atomic mass is 19.1. The highest BCUT2D eigenvalue weighted by Crippen LogP contribution is 2.47. The first kappa shape index (κ1) is 14.6. The maximum absolute atomic E-state index is 13.4. The maximum Gasteiger partial charge on any atom is 0.123 e. The Morgan fingerprint density at radius 1 is 0.833 bits per heavy atom. The molecular formula is C20H18FN3. The second kappa shape index (κ2) is 5.27. The van der Waals surface area contributed by atoms with E-state index in [1.54, 1.807) is 0 Å². The first-order valence-corrected chi connectivity index (χ1v) is 7.82. The predicted octanol–water partition coefficient (Wildman–Crippen LogP) is 4.20. The highest BCUT2D eigenvalue weighted by Gasteiger charge is 2.30. The first-order chi connectivity index (χ1) is 11.5. The molecule has 0 saturated carbocycles. The van der Waals surface area contributed by atoms with Gasteiger partial charge < -0.3 is 16.4 Å². The molecule has 1 aliphatic rings. The topological polar surface area (TPSA) is 55.3 Å². The molecule has 3 aromatic rings. The van der Waals surface area contributed by atoms with Crippen molar-refractivity contribution < 1.29 is 4.39 Å². The van der Waals surface area contributed by atoms with Crippen LogP contribution < -0.4 is 16.4 Å². The summed E-state index contributed by atoms with van der Waals surface area (Å²) in [5.74, 6) is -0.241. The van der Waals surface area contributed by atoms with Gasteiger partial charge in [-0.05, 0) is 53.1 Å². The number of nitrogen functional groups attached to an aromatic ring is 2. The molecule has 0 fully saturated rings. The Labute approximate surface area is 140 Å². The van der Waals surface area contributed by atoms with Crippen LogP contribution in [0.2, 0.25) is 0 Å². The second-order valence-corrected chi connectivity index (χ2v) is 6.19. The van der Waals surface area contributed by atoms with Crippen molar-refractivity contribution in [2.45, 2.75) is 6.04 Å². The van der Waals surface area contributed by atoms with Crippen LogP contribution >= 0.6 is 0 Å². The van der Waals surface area contributed by atoms with Gasteiger partial charge in [-0.3, -0.25) is 0 Å². The molecule has 0 amide bonds. The van der Waals surface area contributed by atoms with Crippen LogP contribution in [0.1, 0.15) is 17.2 Å². The molecule has 1 heterocycles. The summed E-state index contributed by atoms with van der Waals surface area (Å²) in [6.45, 7) is 0. The van der Waals surface area contributed by atoms with Crippen LogP contribution in [0.25, 0.3) is 11.1 Å². The monoisotopic (exact) mass is 319 g/mol. The maximum atomic E-state index is 13.4. The van der Waals surface area contributed by atoms with Gasteiger partial charge in [0.05, 0.1) is 6.04 Å². The van der Waals surface area contributed by atoms with Gasteiger partial charge in [-0.1, -0.05) is 24.3 Å². The largest absolute Gasteiger partial charge is 0.399 e. The standard InChI is InChI=1S/C20H18FN3/c1-24-19-11-15(23)7-9-17(19)16-8-6-14(22)10-18(16)20(24)12-2-4-13(21)5-3-12/h2-11,20H,22-23H2,1H3. The lowest BCUT2D eigenvalue weighted by atomic mass is 9.85. The Morgan fingerprint density at radius 3 is 2.17 bits per heavy atom. The average molecular weight is 319 g/mol. The number of rotatable bonds is 1. The van der Waals surface area contributed by atoms with Gasteiger partial charge in [0.2, 0.25) is 0 Å². The summed E-state index contributed by atoms with van der Waals surface area (Å²) in [7, 11) is 2.03. The zero-order valence-corrected chi connectivity index (χ0v) is 13.3. The Hall–Kier alpha value is -3.01. The number of nitrogens with two attached hydrogens (primary N) is 2. The van der Waals surface area contributed by atoms with E-state index in [1.165, 1.54) is 12.1 Å². The summed E-state index contributed by atoms with van der Waals surface area (Å²) in [6, 6.07) is 18.5. The van der Waals surface area contributed by atoms with E-state index in [0.717, 1.165) is 33.6 Å². The molecule has 0 aromatic heterocycles. The van der Waals surface area contributed by atoms with Crippen molar-refractivity contribution in [2.75, 3.05) is 23.4 Å². The summed E-state index contributed by atoms with van der Waals surface area (Å²) in [6.07, 6.45) is 0. The van der Waals surface area contributed by atoms with Crippen LogP contribution in [0.4, 0.5) is 21.5 Å². The van der Waals surface area contributed by atoms with Crippen LogP contribution in [-0.2, 0) is 0 Å². The molecular weight excluding hydrogens is 301 g/mol. The number of anilines is 3. The Bertz CT molecular complexity index is 919. The van der Waals surface area contributed by atoms with Gasteiger partial charge in [0.15, 0.2) is 0 Å². The Kier molecular flexibility index (Phi) is 3.20. The van der Waals surface area contributed by atoms with Crippen molar-refractivity contribution in [1.29, 1.82) is 0 Å². The van der Waals surface area contributed by atoms with E-state index in [2.05, 4.69) is 4.90 Å². The van der Waals surface area contributed by atoms with E-state index in [0.29, 0.717) is 5.69 Å².